The fourth-order valence-corrected chi connectivity index (χ4v) is 5.01. The Balaban J connectivity index is 1.27. The summed E-state index contributed by atoms with van der Waals surface area (Å²) in [4.78, 5) is 18.2. The van der Waals surface area contributed by atoms with Gasteiger partial charge in [0.25, 0.3) is 5.91 Å². The van der Waals surface area contributed by atoms with Gasteiger partial charge >= 0.3 is 0 Å². The smallest absolute Gasteiger partial charge is 0.257 e. The van der Waals surface area contributed by atoms with Crippen LogP contribution >= 0.6 is 11.6 Å². The quantitative estimate of drug-likeness (QED) is 0.515. The van der Waals surface area contributed by atoms with E-state index in [9.17, 15) is 4.79 Å². The lowest BCUT2D eigenvalue weighted by molar-refractivity contribution is -0.134. The highest BCUT2D eigenvalue weighted by Gasteiger charge is 2.35. The van der Waals surface area contributed by atoms with Crippen molar-refractivity contribution in [2.24, 2.45) is 5.10 Å². The van der Waals surface area contributed by atoms with Crippen LogP contribution in [0.5, 0.6) is 0 Å². The number of halogens is 1. The maximum Gasteiger partial charge on any atom is 0.257 e. The molecular weight excluding hydrogens is 444 g/mol. The van der Waals surface area contributed by atoms with Crippen molar-refractivity contribution in [3.63, 3.8) is 0 Å². The van der Waals surface area contributed by atoms with E-state index in [1.165, 1.54) is 5.56 Å². The minimum absolute atomic E-state index is 0.0207. The van der Waals surface area contributed by atoms with Gasteiger partial charge in [0.1, 0.15) is 0 Å². The molecule has 1 saturated heterocycles. The summed E-state index contributed by atoms with van der Waals surface area (Å²) in [7, 11) is 0. The Kier molecular flexibility index (Phi) is 7.05. The van der Waals surface area contributed by atoms with Gasteiger partial charge in [0.15, 0.2) is 0 Å². The number of carbonyl (C=O) groups is 1. The van der Waals surface area contributed by atoms with Crippen LogP contribution in [0.3, 0.4) is 0 Å². The maximum absolute atomic E-state index is 13.5. The molecule has 0 spiro atoms. The summed E-state index contributed by atoms with van der Waals surface area (Å²) < 4.78 is 0. The first-order valence-corrected chi connectivity index (χ1v) is 12.2. The zero-order valence-corrected chi connectivity index (χ0v) is 19.9. The predicted molar refractivity (Wildman–Crippen MR) is 137 cm³/mol. The van der Waals surface area contributed by atoms with E-state index >= 15 is 0 Å². The number of rotatable bonds is 6. The Hall–Kier alpha value is -2.99. The molecular formula is C28H29ClN4O. The summed E-state index contributed by atoms with van der Waals surface area (Å²) in [6, 6.07) is 28.2. The van der Waals surface area contributed by atoms with Crippen LogP contribution in [0.1, 0.15) is 29.2 Å². The molecule has 6 heteroatoms. The summed E-state index contributed by atoms with van der Waals surface area (Å²) in [6.45, 7) is 4.97. The normalized spacial score (nSPS) is 19.3. The van der Waals surface area contributed by atoms with Gasteiger partial charge in [-0.2, -0.15) is 5.10 Å². The Morgan fingerprint density at radius 1 is 0.824 bits per heavy atom. The lowest BCUT2D eigenvalue weighted by Gasteiger charge is -2.35. The fraction of sp³-hybridized carbons (Fsp3) is 0.286. The first kappa shape index (κ1) is 22.8. The molecule has 1 atom stereocenters. The average molecular weight is 473 g/mol. The monoisotopic (exact) mass is 472 g/mol. The zero-order valence-electron chi connectivity index (χ0n) is 19.2. The van der Waals surface area contributed by atoms with Crippen molar-refractivity contribution in [3.8, 4) is 0 Å². The van der Waals surface area contributed by atoms with Gasteiger partial charge in [0, 0.05) is 44.2 Å². The minimum atomic E-state index is -0.184. The van der Waals surface area contributed by atoms with Crippen LogP contribution in [0.4, 0.5) is 0 Å². The molecule has 1 fully saturated rings. The number of hydrazone groups is 1. The third-order valence-corrected chi connectivity index (χ3v) is 6.95. The van der Waals surface area contributed by atoms with Gasteiger partial charge in [0.05, 0.1) is 18.3 Å². The van der Waals surface area contributed by atoms with Gasteiger partial charge in [0.2, 0.25) is 0 Å². The number of piperazine rings is 1. The molecule has 3 aromatic rings. The van der Waals surface area contributed by atoms with E-state index < -0.39 is 0 Å². The highest BCUT2D eigenvalue weighted by atomic mass is 35.5. The summed E-state index contributed by atoms with van der Waals surface area (Å²) in [5, 5.41) is 7.14. The molecule has 0 bridgehead atoms. The average Bonchev–Trinajstić information content (AvgIpc) is 3.32. The Morgan fingerprint density at radius 2 is 1.44 bits per heavy atom. The molecule has 0 saturated carbocycles. The second-order valence-corrected chi connectivity index (χ2v) is 9.34. The van der Waals surface area contributed by atoms with E-state index in [1.54, 1.807) is 5.01 Å². The second-order valence-electron chi connectivity index (χ2n) is 8.93. The number of hydrogen-bond acceptors (Lipinski definition) is 4. The molecule has 5 nitrogen and oxygen atoms in total. The molecule has 3 aromatic carbocycles. The molecule has 174 valence electrons. The van der Waals surface area contributed by atoms with Gasteiger partial charge in [-0.1, -0.05) is 90.5 Å². The molecule has 1 amide bonds. The van der Waals surface area contributed by atoms with Crippen LogP contribution in [0.2, 0.25) is 5.02 Å². The van der Waals surface area contributed by atoms with Gasteiger partial charge in [-0.05, 0) is 22.8 Å². The van der Waals surface area contributed by atoms with Gasteiger partial charge in [-0.3, -0.25) is 14.6 Å². The molecule has 2 aliphatic heterocycles. The van der Waals surface area contributed by atoms with Crippen molar-refractivity contribution in [2.75, 3.05) is 32.7 Å². The molecule has 2 heterocycles. The van der Waals surface area contributed by atoms with E-state index in [0.717, 1.165) is 49.6 Å². The predicted octanol–water partition coefficient (Wildman–Crippen LogP) is 4.84. The van der Waals surface area contributed by atoms with Crippen LogP contribution < -0.4 is 0 Å². The van der Waals surface area contributed by atoms with E-state index in [-0.39, 0.29) is 11.9 Å². The maximum atomic E-state index is 13.5. The highest BCUT2D eigenvalue weighted by molar-refractivity contribution is 6.31. The third-order valence-electron chi connectivity index (χ3n) is 6.61. The lowest BCUT2D eigenvalue weighted by atomic mass is 9.98. The van der Waals surface area contributed by atoms with Crippen LogP contribution in [-0.4, -0.2) is 59.2 Å². The van der Waals surface area contributed by atoms with E-state index in [0.29, 0.717) is 18.0 Å². The zero-order chi connectivity index (χ0) is 23.3. The summed E-state index contributed by atoms with van der Waals surface area (Å²) in [5.74, 6) is 0.0207. The van der Waals surface area contributed by atoms with Crippen molar-refractivity contribution in [2.45, 2.75) is 19.0 Å². The molecule has 0 unspecified atom stereocenters. The van der Waals surface area contributed by atoms with Crippen LogP contribution in [-0.2, 0) is 11.3 Å². The van der Waals surface area contributed by atoms with Crippen molar-refractivity contribution in [1.82, 2.24) is 14.8 Å². The van der Waals surface area contributed by atoms with Crippen LogP contribution in [0, 0.1) is 0 Å². The van der Waals surface area contributed by atoms with Crippen LogP contribution in [0.15, 0.2) is 90.0 Å². The summed E-state index contributed by atoms with van der Waals surface area (Å²) >= 11 is 6.54. The second kappa shape index (κ2) is 10.5. The standard InChI is InChI=1S/C28H29ClN4O/c29-25-14-8-7-13-24(25)27-19-26(23-11-5-2-6-12-23)30-33(27)28(34)21-32-17-15-31(16-18-32)20-22-9-3-1-4-10-22/h1-14,27H,15-21H2/t27-/m0/s1. The molecule has 5 rings (SSSR count). The first-order valence-electron chi connectivity index (χ1n) is 11.9. The Bertz CT molecular complexity index is 1140. The molecule has 0 N–H and O–H groups in total. The topological polar surface area (TPSA) is 39.2 Å². The number of amides is 1. The Morgan fingerprint density at radius 3 is 2.15 bits per heavy atom. The third kappa shape index (κ3) is 5.22. The van der Waals surface area contributed by atoms with E-state index in [4.69, 9.17) is 16.7 Å². The van der Waals surface area contributed by atoms with E-state index in [1.807, 2.05) is 60.7 Å². The minimum Gasteiger partial charge on any atom is -0.297 e. The number of nitrogens with zero attached hydrogens (tertiary/aromatic N) is 4. The van der Waals surface area contributed by atoms with Crippen LogP contribution in [0.25, 0.3) is 0 Å². The van der Waals surface area contributed by atoms with Crippen molar-refractivity contribution in [1.29, 1.82) is 0 Å². The van der Waals surface area contributed by atoms with Crippen molar-refractivity contribution >= 4 is 23.2 Å². The van der Waals surface area contributed by atoms with Gasteiger partial charge < -0.3 is 0 Å². The van der Waals surface area contributed by atoms with Crippen molar-refractivity contribution < 1.29 is 4.79 Å². The number of benzene rings is 3. The molecule has 0 radical (unpaired) electrons. The lowest BCUT2D eigenvalue weighted by Crippen LogP contribution is -2.49. The first-order chi connectivity index (χ1) is 16.7. The largest absolute Gasteiger partial charge is 0.297 e. The molecule has 2 aliphatic rings. The molecule has 34 heavy (non-hydrogen) atoms. The fourth-order valence-electron chi connectivity index (χ4n) is 4.74. The summed E-state index contributed by atoms with van der Waals surface area (Å²) in [5.41, 5.74) is 4.24. The van der Waals surface area contributed by atoms with Crippen molar-refractivity contribution in [3.05, 3.63) is 107 Å². The van der Waals surface area contributed by atoms with Gasteiger partial charge in [-0.15, -0.1) is 0 Å². The number of hydrogen-bond donors (Lipinski definition) is 0. The summed E-state index contributed by atoms with van der Waals surface area (Å²) in [6.07, 6.45) is 0.657. The molecule has 0 aliphatic carbocycles. The number of carbonyl (C=O) groups excluding carboxylic acids is 1. The van der Waals surface area contributed by atoms with E-state index in [2.05, 4.69) is 34.1 Å². The SMILES string of the molecule is O=C(CN1CCN(Cc2ccccc2)CC1)N1N=C(c2ccccc2)C[C@H]1c1ccccc1Cl. The highest BCUT2D eigenvalue weighted by Crippen LogP contribution is 2.36. The van der Waals surface area contributed by atoms with Gasteiger partial charge in [-0.25, -0.2) is 5.01 Å². The molecule has 0 aromatic heterocycles. The Labute approximate surface area is 206 Å².